The van der Waals surface area contributed by atoms with Crippen LogP contribution in [0.4, 0.5) is 5.13 Å². The Morgan fingerprint density at radius 1 is 1.22 bits per heavy atom. The van der Waals surface area contributed by atoms with Crippen molar-refractivity contribution in [1.82, 2.24) is 4.98 Å². The van der Waals surface area contributed by atoms with Crippen LogP contribution >= 0.6 is 27.3 Å². The first-order valence-electron chi connectivity index (χ1n) is 8.44. The Hall–Kier alpha value is -2.38. The van der Waals surface area contributed by atoms with Crippen molar-refractivity contribution in [3.05, 3.63) is 57.9 Å². The Balaban J connectivity index is 1.68. The first-order valence-corrected chi connectivity index (χ1v) is 10.1. The van der Waals surface area contributed by atoms with Gasteiger partial charge in [0.15, 0.2) is 5.13 Å². The molecule has 3 rings (SSSR count). The standard InChI is InChI=1S/C20H19BrN2O3S/c1-3-10-26-15-7-4-13(5-8-15)19(24)23-20-22-17(12-27-20)14-6-9-18(25-2)16(21)11-14/h4-9,11-12H,3,10H2,1-2H3,(H,22,23,24). The molecule has 5 nitrogen and oxygen atoms in total. The van der Waals surface area contributed by atoms with E-state index in [1.54, 1.807) is 31.4 Å². The molecule has 0 aliphatic heterocycles. The number of rotatable bonds is 7. The van der Waals surface area contributed by atoms with Crippen molar-refractivity contribution >= 4 is 38.3 Å². The van der Waals surface area contributed by atoms with Crippen LogP contribution < -0.4 is 14.8 Å². The average molecular weight is 447 g/mol. The number of halogens is 1. The van der Waals surface area contributed by atoms with E-state index in [2.05, 4.69) is 33.2 Å². The zero-order valence-corrected chi connectivity index (χ0v) is 17.4. The SMILES string of the molecule is CCCOc1ccc(C(=O)Nc2nc(-c3ccc(OC)c(Br)c3)cs2)cc1. The lowest BCUT2D eigenvalue weighted by molar-refractivity contribution is 0.102. The highest BCUT2D eigenvalue weighted by Gasteiger charge is 2.11. The van der Waals surface area contributed by atoms with E-state index in [4.69, 9.17) is 9.47 Å². The monoisotopic (exact) mass is 446 g/mol. The number of thiazole rings is 1. The van der Waals surface area contributed by atoms with Gasteiger partial charge in [0, 0.05) is 16.5 Å². The number of nitrogens with one attached hydrogen (secondary N) is 1. The summed E-state index contributed by atoms with van der Waals surface area (Å²) in [6.07, 6.45) is 0.944. The summed E-state index contributed by atoms with van der Waals surface area (Å²) in [5.41, 5.74) is 2.29. The zero-order chi connectivity index (χ0) is 19.2. The first kappa shape index (κ1) is 19.4. The Bertz CT molecular complexity index is 925. The fraction of sp³-hybridized carbons (Fsp3) is 0.200. The maximum atomic E-state index is 12.4. The number of ether oxygens (including phenoxy) is 2. The van der Waals surface area contributed by atoms with E-state index < -0.39 is 0 Å². The van der Waals surface area contributed by atoms with E-state index in [0.29, 0.717) is 17.3 Å². The van der Waals surface area contributed by atoms with Gasteiger partial charge in [-0.3, -0.25) is 10.1 Å². The lowest BCUT2D eigenvalue weighted by Crippen LogP contribution is -2.11. The van der Waals surface area contributed by atoms with Gasteiger partial charge >= 0.3 is 0 Å². The fourth-order valence-electron chi connectivity index (χ4n) is 2.38. The number of hydrogen-bond donors (Lipinski definition) is 1. The van der Waals surface area contributed by atoms with Crippen LogP contribution in [-0.2, 0) is 0 Å². The highest BCUT2D eigenvalue weighted by atomic mass is 79.9. The zero-order valence-electron chi connectivity index (χ0n) is 15.0. The Morgan fingerprint density at radius 3 is 2.67 bits per heavy atom. The summed E-state index contributed by atoms with van der Waals surface area (Å²) in [6.45, 7) is 2.71. The average Bonchev–Trinajstić information content (AvgIpc) is 3.15. The van der Waals surface area contributed by atoms with E-state index in [0.717, 1.165) is 33.6 Å². The van der Waals surface area contributed by atoms with Crippen LogP contribution in [0.3, 0.4) is 0 Å². The molecule has 1 N–H and O–H groups in total. The largest absolute Gasteiger partial charge is 0.496 e. The van der Waals surface area contributed by atoms with Crippen LogP contribution in [0.15, 0.2) is 52.3 Å². The molecule has 0 bridgehead atoms. The van der Waals surface area contributed by atoms with Gasteiger partial charge in [0.05, 0.1) is 23.9 Å². The molecule has 0 saturated carbocycles. The Kier molecular flexibility index (Phi) is 6.47. The normalized spacial score (nSPS) is 10.5. The Morgan fingerprint density at radius 2 is 2.00 bits per heavy atom. The predicted molar refractivity (Wildman–Crippen MR) is 112 cm³/mol. The van der Waals surface area contributed by atoms with E-state index in [9.17, 15) is 4.79 Å². The molecule has 1 amide bonds. The number of hydrogen-bond acceptors (Lipinski definition) is 5. The van der Waals surface area contributed by atoms with Crippen LogP contribution in [0.5, 0.6) is 11.5 Å². The molecule has 0 aliphatic rings. The van der Waals surface area contributed by atoms with Gasteiger partial charge < -0.3 is 9.47 Å². The second-order valence-electron chi connectivity index (χ2n) is 5.71. The van der Waals surface area contributed by atoms with Crippen molar-refractivity contribution in [2.75, 3.05) is 19.0 Å². The molecule has 27 heavy (non-hydrogen) atoms. The maximum absolute atomic E-state index is 12.4. The van der Waals surface area contributed by atoms with Gasteiger partial charge in [-0.05, 0) is 64.8 Å². The van der Waals surface area contributed by atoms with Gasteiger partial charge in [0.2, 0.25) is 0 Å². The molecular weight excluding hydrogens is 428 g/mol. The van der Waals surface area contributed by atoms with E-state index in [1.807, 2.05) is 23.6 Å². The molecule has 2 aromatic carbocycles. The predicted octanol–water partition coefficient (Wildman–Crippen LogP) is 5.62. The summed E-state index contributed by atoms with van der Waals surface area (Å²) in [6, 6.07) is 12.8. The minimum absolute atomic E-state index is 0.200. The molecule has 3 aromatic rings. The molecule has 1 heterocycles. The van der Waals surface area contributed by atoms with Crippen LogP contribution in [0.25, 0.3) is 11.3 Å². The molecule has 140 valence electrons. The topological polar surface area (TPSA) is 60.5 Å². The number of anilines is 1. The number of carbonyl (C=O) groups is 1. The van der Waals surface area contributed by atoms with Crippen LogP contribution in [0.1, 0.15) is 23.7 Å². The number of amides is 1. The maximum Gasteiger partial charge on any atom is 0.257 e. The van der Waals surface area contributed by atoms with Gasteiger partial charge in [0.1, 0.15) is 11.5 Å². The van der Waals surface area contributed by atoms with Crippen molar-refractivity contribution in [1.29, 1.82) is 0 Å². The summed E-state index contributed by atoms with van der Waals surface area (Å²) in [7, 11) is 1.62. The van der Waals surface area contributed by atoms with E-state index in [-0.39, 0.29) is 5.91 Å². The minimum Gasteiger partial charge on any atom is -0.496 e. The third-order valence-corrected chi connectivity index (χ3v) is 5.14. The van der Waals surface area contributed by atoms with Gasteiger partial charge in [-0.15, -0.1) is 11.3 Å². The highest BCUT2D eigenvalue weighted by Crippen LogP contribution is 2.32. The summed E-state index contributed by atoms with van der Waals surface area (Å²) in [4.78, 5) is 16.9. The molecule has 0 saturated heterocycles. The van der Waals surface area contributed by atoms with Gasteiger partial charge in [-0.2, -0.15) is 0 Å². The molecule has 0 radical (unpaired) electrons. The summed E-state index contributed by atoms with van der Waals surface area (Å²) >= 11 is 4.86. The summed E-state index contributed by atoms with van der Waals surface area (Å²) in [5.74, 6) is 1.32. The van der Waals surface area contributed by atoms with Gasteiger partial charge in [0.25, 0.3) is 5.91 Å². The second-order valence-corrected chi connectivity index (χ2v) is 7.43. The van der Waals surface area contributed by atoms with Crippen molar-refractivity contribution < 1.29 is 14.3 Å². The number of benzene rings is 2. The fourth-order valence-corrected chi connectivity index (χ4v) is 3.64. The third-order valence-electron chi connectivity index (χ3n) is 3.76. The smallest absolute Gasteiger partial charge is 0.257 e. The highest BCUT2D eigenvalue weighted by molar-refractivity contribution is 9.10. The van der Waals surface area contributed by atoms with Crippen molar-refractivity contribution in [3.63, 3.8) is 0 Å². The van der Waals surface area contributed by atoms with Crippen LogP contribution in [-0.4, -0.2) is 24.6 Å². The molecule has 7 heteroatoms. The quantitative estimate of drug-likeness (QED) is 0.511. The van der Waals surface area contributed by atoms with E-state index >= 15 is 0 Å². The third kappa shape index (κ3) is 4.87. The van der Waals surface area contributed by atoms with E-state index in [1.165, 1.54) is 11.3 Å². The molecular formula is C20H19BrN2O3S. The molecule has 1 aromatic heterocycles. The Labute approximate surface area is 170 Å². The summed E-state index contributed by atoms with van der Waals surface area (Å²) < 4.78 is 11.6. The first-order chi connectivity index (χ1) is 13.1. The number of carbonyl (C=O) groups excluding carboxylic acids is 1. The summed E-state index contributed by atoms with van der Waals surface area (Å²) in [5, 5.41) is 5.30. The van der Waals surface area contributed by atoms with Crippen LogP contribution in [0, 0.1) is 0 Å². The van der Waals surface area contributed by atoms with Gasteiger partial charge in [-0.25, -0.2) is 4.98 Å². The van der Waals surface area contributed by atoms with Crippen molar-refractivity contribution in [2.45, 2.75) is 13.3 Å². The number of methoxy groups -OCH3 is 1. The lowest BCUT2D eigenvalue weighted by atomic mass is 10.2. The number of aromatic nitrogens is 1. The second kappa shape index (κ2) is 9.01. The van der Waals surface area contributed by atoms with Gasteiger partial charge in [-0.1, -0.05) is 6.92 Å². The molecule has 0 aliphatic carbocycles. The molecule has 0 unspecified atom stereocenters. The van der Waals surface area contributed by atoms with Crippen LogP contribution in [0.2, 0.25) is 0 Å². The van der Waals surface area contributed by atoms with Crippen molar-refractivity contribution in [3.8, 4) is 22.8 Å². The number of nitrogens with zero attached hydrogens (tertiary/aromatic N) is 1. The minimum atomic E-state index is -0.200. The molecule has 0 atom stereocenters. The lowest BCUT2D eigenvalue weighted by Gasteiger charge is -2.06. The van der Waals surface area contributed by atoms with Crippen molar-refractivity contribution in [2.24, 2.45) is 0 Å². The molecule has 0 spiro atoms. The molecule has 0 fully saturated rings.